The van der Waals surface area contributed by atoms with Crippen LogP contribution >= 0.6 is 0 Å². The van der Waals surface area contributed by atoms with Gasteiger partial charge >= 0.3 is 0 Å². The summed E-state index contributed by atoms with van der Waals surface area (Å²) >= 11 is 0. The lowest BCUT2D eigenvalue weighted by atomic mass is 10.4. The highest BCUT2D eigenvalue weighted by molar-refractivity contribution is 4.92. The average molecular weight is 136 g/mol. The molecular formula is C8H12N2. The van der Waals surface area contributed by atoms with Gasteiger partial charge in [0.2, 0.25) is 0 Å². The van der Waals surface area contributed by atoms with Crippen LogP contribution in [0.1, 0.15) is 6.92 Å². The van der Waals surface area contributed by atoms with Crippen LogP contribution < -0.4 is 5.49 Å². The fourth-order valence-corrected chi connectivity index (χ4v) is 0.938. The third-order valence-corrected chi connectivity index (χ3v) is 1.49. The SMILES string of the molecule is CCn1ccccc1=NC. The molecular weight excluding hydrogens is 124 g/mol. The summed E-state index contributed by atoms with van der Waals surface area (Å²) < 4.78 is 2.10. The van der Waals surface area contributed by atoms with Gasteiger partial charge in [0, 0.05) is 19.8 Å². The van der Waals surface area contributed by atoms with Crippen molar-refractivity contribution in [3.8, 4) is 0 Å². The summed E-state index contributed by atoms with van der Waals surface area (Å²) in [5.41, 5.74) is 1.03. The fourth-order valence-electron chi connectivity index (χ4n) is 0.938. The van der Waals surface area contributed by atoms with Crippen LogP contribution in [0.2, 0.25) is 0 Å². The molecule has 0 radical (unpaired) electrons. The van der Waals surface area contributed by atoms with Crippen molar-refractivity contribution in [3.05, 3.63) is 29.9 Å². The van der Waals surface area contributed by atoms with E-state index in [1.807, 2.05) is 31.4 Å². The third-order valence-electron chi connectivity index (χ3n) is 1.49. The van der Waals surface area contributed by atoms with Gasteiger partial charge in [0.25, 0.3) is 0 Å². The van der Waals surface area contributed by atoms with Crippen LogP contribution in [-0.2, 0) is 6.54 Å². The number of rotatable bonds is 1. The van der Waals surface area contributed by atoms with Crippen LogP contribution in [0.5, 0.6) is 0 Å². The largest absolute Gasteiger partial charge is 0.334 e. The zero-order valence-corrected chi connectivity index (χ0v) is 6.41. The zero-order valence-electron chi connectivity index (χ0n) is 6.41. The molecule has 0 amide bonds. The highest BCUT2D eigenvalue weighted by Gasteiger charge is 1.83. The molecule has 2 heteroatoms. The molecule has 0 aromatic carbocycles. The number of pyridine rings is 1. The minimum atomic E-state index is 0.980. The molecule has 0 atom stereocenters. The van der Waals surface area contributed by atoms with E-state index in [9.17, 15) is 0 Å². The van der Waals surface area contributed by atoms with E-state index in [4.69, 9.17) is 0 Å². The smallest absolute Gasteiger partial charge is 0.127 e. The molecule has 1 rings (SSSR count). The van der Waals surface area contributed by atoms with E-state index < -0.39 is 0 Å². The molecule has 0 N–H and O–H groups in total. The number of nitrogens with zero attached hydrogens (tertiary/aromatic N) is 2. The first kappa shape index (κ1) is 7.06. The first-order chi connectivity index (χ1) is 4.88. The highest BCUT2D eigenvalue weighted by atomic mass is 15.0. The number of hydrogen-bond acceptors (Lipinski definition) is 1. The van der Waals surface area contributed by atoms with Gasteiger partial charge in [0.15, 0.2) is 0 Å². The van der Waals surface area contributed by atoms with Crippen molar-refractivity contribution in [2.24, 2.45) is 4.99 Å². The van der Waals surface area contributed by atoms with Crippen molar-refractivity contribution in [3.63, 3.8) is 0 Å². The van der Waals surface area contributed by atoms with Crippen molar-refractivity contribution < 1.29 is 0 Å². The summed E-state index contributed by atoms with van der Waals surface area (Å²) in [5.74, 6) is 0. The molecule has 10 heavy (non-hydrogen) atoms. The van der Waals surface area contributed by atoms with E-state index in [-0.39, 0.29) is 0 Å². The maximum atomic E-state index is 4.10. The quantitative estimate of drug-likeness (QED) is 0.549. The van der Waals surface area contributed by atoms with E-state index in [0.29, 0.717) is 0 Å². The molecule has 0 spiro atoms. The van der Waals surface area contributed by atoms with Gasteiger partial charge < -0.3 is 4.57 Å². The van der Waals surface area contributed by atoms with Crippen molar-refractivity contribution in [1.82, 2.24) is 4.57 Å². The second-order valence-electron chi connectivity index (χ2n) is 2.07. The fraction of sp³-hybridized carbons (Fsp3) is 0.375. The van der Waals surface area contributed by atoms with Crippen molar-refractivity contribution >= 4 is 0 Å². The van der Waals surface area contributed by atoms with Gasteiger partial charge in [-0.25, -0.2) is 0 Å². The van der Waals surface area contributed by atoms with Crippen LogP contribution in [-0.4, -0.2) is 11.6 Å². The molecule has 1 heterocycles. The standard InChI is InChI=1S/C8H12N2/c1-3-10-7-5-4-6-8(10)9-2/h4-7H,3H2,1-2H3. The monoisotopic (exact) mass is 136 g/mol. The molecule has 0 unspecified atom stereocenters. The highest BCUT2D eigenvalue weighted by Crippen LogP contribution is 1.79. The van der Waals surface area contributed by atoms with Crippen LogP contribution in [0.25, 0.3) is 0 Å². The van der Waals surface area contributed by atoms with Crippen LogP contribution in [0.15, 0.2) is 29.4 Å². The Balaban J connectivity index is 3.23. The van der Waals surface area contributed by atoms with Crippen molar-refractivity contribution in [1.29, 1.82) is 0 Å². The molecule has 2 nitrogen and oxygen atoms in total. The predicted molar refractivity (Wildman–Crippen MR) is 41.6 cm³/mol. The van der Waals surface area contributed by atoms with Gasteiger partial charge in [-0.2, -0.15) is 0 Å². The number of aromatic nitrogens is 1. The van der Waals surface area contributed by atoms with Crippen LogP contribution in [0.4, 0.5) is 0 Å². The van der Waals surface area contributed by atoms with Crippen molar-refractivity contribution in [2.75, 3.05) is 7.05 Å². The van der Waals surface area contributed by atoms with Gasteiger partial charge in [-0.15, -0.1) is 0 Å². The van der Waals surface area contributed by atoms with E-state index in [0.717, 1.165) is 12.0 Å². The maximum absolute atomic E-state index is 4.10. The lowest BCUT2D eigenvalue weighted by Crippen LogP contribution is -2.17. The van der Waals surface area contributed by atoms with Gasteiger partial charge in [-0.3, -0.25) is 4.99 Å². The summed E-state index contributed by atoms with van der Waals surface area (Å²) in [5, 5.41) is 0. The predicted octanol–water partition coefficient (Wildman–Crippen LogP) is 1.04. The Morgan fingerprint density at radius 2 is 2.30 bits per heavy atom. The summed E-state index contributed by atoms with van der Waals surface area (Å²) in [4.78, 5) is 4.10. The van der Waals surface area contributed by atoms with E-state index in [1.165, 1.54) is 0 Å². The molecule has 54 valence electrons. The lowest BCUT2D eigenvalue weighted by Gasteiger charge is -2.00. The Morgan fingerprint density at radius 3 is 2.80 bits per heavy atom. The Hall–Kier alpha value is -1.05. The Kier molecular flexibility index (Phi) is 2.26. The summed E-state index contributed by atoms with van der Waals surface area (Å²) in [7, 11) is 1.81. The second-order valence-corrected chi connectivity index (χ2v) is 2.07. The van der Waals surface area contributed by atoms with E-state index in [1.54, 1.807) is 0 Å². The first-order valence-electron chi connectivity index (χ1n) is 3.46. The maximum Gasteiger partial charge on any atom is 0.127 e. The molecule has 0 aliphatic rings. The van der Waals surface area contributed by atoms with Crippen LogP contribution in [0, 0.1) is 0 Å². The van der Waals surface area contributed by atoms with Gasteiger partial charge in [0.05, 0.1) is 0 Å². The van der Waals surface area contributed by atoms with E-state index >= 15 is 0 Å². The molecule has 0 bridgehead atoms. The molecule has 1 aromatic heterocycles. The Labute approximate surface area is 60.9 Å². The summed E-state index contributed by atoms with van der Waals surface area (Å²) in [6, 6.07) is 6.01. The van der Waals surface area contributed by atoms with Crippen LogP contribution in [0.3, 0.4) is 0 Å². The number of aryl methyl sites for hydroxylation is 1. The molecule has 0 saturated heterocycles. The minimum absolute atomic E-state index is 0.980. The molecule has 0 fully saturated rings. The Bertz CT molecular complexity index is 260. The zero-order chi connectivity index (χ0) is 7.40. The Morgan fingerprint density at radius 1 is 1.50 bits per heavy atom. The van der Waals surface area contributed by atoms with E-state index in [2.05, 4.69) is 16.5 Å². The summed E-state index contributed by atoms with van der Waals surface area (Å²) in [6.45, 7) is 3.09. The van der Waals surface area contributed by atoms with Gasteiger partial charge in [-0.1, -0.05) is 6.07 Å². The minimum Gasteiger partial charge on any atom is -0.334 e. The summed E-state index contributed by atoms with van der Waals surface area (Å²) in [6.07, 6.45) is 2.03. The average Bonchev–Trinajstić information content (AvgIpc) is 2.04. The molecule has 0 aliphatic heterocycles. The van der Waals surface area contributed by atoms with Gasteiger partial charge in [0.1, 0.15) is 5.49 Å². The third kappa shape index (κ3) is 1.26. The van der Waals surface area contributed by atoms with Gasteiger partial charge in [-0.05, 0) is 19.1 Å². The lowest BCUT2D eigenvalue weighted by molar-refractivity contribution is 0.709. The normalized spacial score (nSPS) is 12.0. The van der Waals surface area contributed by atoms with Crippen molar-refractivity contribution in [2.45, 2.75) is 13.5 Å². The molecule has 0 saturated carbocycles. The molecule has 0 aliphatic carbocycles. The molecule has 1 aromatic rings. The topological polar surface area (TPSA) is 17.3 Å². The number of hydrogen-bond donors (Lipinski definition) is 0. The second kappa shape index (κ2) is 3.20. The first-order valence-corrected chi connectivity index (χ1v) is 3.46.